The van der Waals surface area contributed by atoms with E-state index in [4.69, 9.17) is 14.6 Å². The van der Waals surface area contributed by atoms with Gasteiger partial charge in [0.05, 0.1) is 34.0 Å². The van der Waals surface area contributed by atoms with Crippen molar-refractivity contribution in [1.29, 1.82) is 0 Å². The first-order valence-electron chi connectivity index (χ1n) is 10.2. The first kappa shape index (κ1) is 14.4. The molecule has 7 heteroatoms. The van der Waals surface area contributed by atoms with Crippen molar-refractivity contribution in [3.63, 3.8) is 0 Å². The van der Waals surface area contributed by atoms with Crippen molar-refractivity contribution in [3.8, 4) is 17.6 Å². The van der Waals surface area contributed by atoms with Crippen molar-refractivity contribution in [2.24, 2.45) is 5.73 Å². The van der Waals surface area contributed by atoms with E-state index in [1.54, 1.807) is 25.5 Å². The standard InChI is InChI=1S/C21H19N5O2/c1-23-19-17-12-25-18(21(7-8-21)20(22)27)9-16(17)13(10-26-19)3-4-14-5-6-15(28-2)11-24-14/h5-6,9-12H,7-8H2,1-2H3,(H2,22,27)(H,23,26)/i2D3. The Bertz CT molecular complexity index is 1230. The molecule has 140 valence electrons. The summed E-state index contributed by atoms with van der Waals surface area (Å²) in [6.45, 7) is 0. The molecule has 0 saturated heterocycles. The molecule has 28 heavy (non-hydrogen) atoms. The number of methoxy groups -OCH3 is 1. The number of pyridine rings is 3. The zero-order valence-electron chi connectivity index (χ0n) is 18.1. The molecule has 0 bridgehead atoms. The maximum atomic E-state index is 11.9. The van der Waals surface area contributed by atoms with Gasteiger partial charge in [-0.1, -0.05) is 5.92 Å². The number of amides is 1. The number of nitrogens with one attached hydrogen (secondary N) is 1. The van der Waals surface area contributed by atoms with Crippen LogP contribution in [0.3, 0.4) is 0 Å². The Morgan fingerprint density at radius 2 is 2.07 bits per heavy atom. The Morgan fingerprint density at radius 1 is 1.21 bits per heavy atom. The number of carbonyl (C=O) groups is 1. The molecule has 0 atom stereocenters. The van der Waals surface area contributed by atoms with E-state index in [2.05, 4.69) is 32.1 Å². The van der Waals surface area contributed by atoms with Gasteiger partial charge in [-0.15, -0.1) is 0 Å². The lowest BCUT2D eigenvalue weighted by Gasteiger charge is -2.13. The van der Waals surface area contributed by atoms with Gasteiger partial charge in [0.25, 0.3) is 0 Å². The van der Waals surface area contributed by atoms with Gasteiger partial charge in [-0.3, -0.25) is 9.78 Å². The molecule has 7 nitrogen and oxygen atoms in total. The summed E-state index contributed by atoms with van der Waals surface area (Å²) in [5.41, 5.74) is 6.61. The van der Waals surface area contributed by atoms with Gasteiger partial charge in [-0.2, -0.15) is 0 Å². The van der Waals surface area contributed by atoms with E-state index in [9.17, 15) is 4.79 Å². The van der Waals surface area contributed by atoms with Crippen LogP contribution in [0.5, 0.6) is 5.75 Å². The molecule has 0 unspecified atom stereocenters. The predicted molar refractivity (Wildman–Crippen MR) is 106 cm³/mol. The van der Waals surface area contributed by atoms with Gasteiger partial charge in [0.15, 0.2) is 0 Å². The van der Waals surface area contributed by atoms with Gasteiger partial charge in [0.2, 0.25) is 5.91 Å². The minimum Gasteiger partial charge on any atom is -0.495 e. The molecular weight excluding hydrogens is 354 g/mol. The van der Waals surface area contributed by atoms with Gasteiger partial charge in [-0.25, -0.2) is 9.97 Å². The van der Waals surface area contributed by atoms with Crippen LogP contribution in [0.25, 0.3) is 10.8 Å². The molecule has 4 rings (SSSR count). The number of nitrogens with two attached hydrogens (primary N) is 1. The molecule has 0 aromatic carbocycles. The summed E-state index contributed by atoms with van der Waals surface area (Å²) < 4.78 is 26.2. The molecule has 1 fully saturated rings. The van der Waals surface area contributed by atoms with Crippen molar-refractivity contribution >= 4 is 22.5 Å². The molecule has 3 aromatic rings. The highest BCUT2D eigenvalue weighted by atomic mass is 16.5. The number of rotatable bonds is 4. The van der Waals surface area contributed by atoms with Crippen molar-refractivity contribution in [2.75, 3.05) is 19.4 Å². The van der Waals surface area contributed by atoms with Gasteiger partial charge < -0.3 is 15.8 Å². The number of carbonyl (C=O) groups excluding carboxylic acids is 1. The summed E-state index contributed by atoms with van der Waals surface area (Å²) in [4.78, 5) is 24.9. The molecule has 0 radical (unpaired) electrons. The van der Waals surface area contributed by atoms with E-state index < -0.39 is 12.5 Å². The summed E-state index contributed by atoms with van der Waals surface area (Å²) in [5.74, 6) is 6.40. The Kier molecular flexibility index (Phi) is 3.51. The Morgan fingerprint density at radius 3 is 2.71 bits per heavy atom. The summed E-state index contributed by atoms with van der Waals surface area (Å²) in [6, 6.07) is 4.92. The SMILES string of the molecule is [2H]C([2H])([2H])Oc1ccc(C#Cc2cnc(NC)c3cnc(C4(C(N)=O)CC4)cc23)nc1. The number of primary amides is 1. The second-order valence-corrected chi connectivity index (χ2v) is 6.56. The molecule has 1 amide bonds. The third-order valence-corrected chi connectivity index (χ3v) is 4.90. The second kappa shape index (κ2) is 6.82. The molecule has 3 N–H and O–H groups in total. The maximum Gasteiger partial charge on any atom is 0.229 e. The van der Waals surface area contributed by atoms with E-state index in [-0.39, 0.29) is 11.7 Å². The van der Waals surface area contributed by atoms with Crippen LogP contribution < -0.4 is 15.8 Å². The minimum atomic E-state index is -2.54. The number of fused-ring (bicyclic) bond motifs is 1. The number of hydrogen-bond donors (Lipinski definition) is 2. The fourth-order valence-electron chi connectivity index (χ4n) is 3.10. The Labute approximate surface area is 166 Å². The Hall–Kier alpha value is -3.66. The summed E-state index contributed by atoms with van der Waals surface area (Å²) >= 11 is 0. The molecule has 1 aliphatic rings. The van der Waals surface area contributed by atoms with Crippen molar-refractivity contribution in [2.45, 2.75) is 18.3 Å². The molecule has 0 aliphatic heterocycles. The van der Waals surface area contributed by atoms with Crippen LogP contribution in [0.1, 0.15) is 33.9 Å². The lowest BCUT2D eigenvalue weighted by Crippen LogP contribution is -2.29. The second-order valence-electron chi connectivity index (χ2n) is 6.56. The van der Waals surface area contributed by atoms with Crippen LogP contribution in [0.2, 0.25) is 0 Å². The average molecular weight is 376 g/mol. The van der Waals surface area contributed by atoms with Crippen LogP contribution in [-0.2, 0) is 10.2 Å². The summed E-state index contributed by atoms with van der Waals surface area (Å²) in [5, 5.41) is 4.60. The van der Waals surface area contributed by atoms with Gasteiger partial charge in [-0.05, 0) is 37.0 Å². The number of anilines is 1. The van der Waals surface area contributed by atoms with Crippen LogP contribution in [-0.4, -0.2) is 34.9 Å². The molecule has 3 heterocycles. The monoisotopic (exact) mass is 376 g/mol. The predicted octanol–water partition coefficient (Wildman–Crippen LogP) is 1.99. The lowest BCUT2D eigenvalue weighted by atomic mass is 9.98. The molecule has 1 aliphatic carbocycles. The fraction of sp³-hybridized carbons (Fsp3) is 0.238. The molecular formula is C21H19N5O2. The van der Waals surface area contributed by atoms with E-state index in [1.807, 2.05) is 6.07 Å². The largest absolute Gasteiger partial charge is 0.495 e. The summed E-state index contributed by atoms with van der Waals surface area (Å²) in [7, 11) is -0.774. The molecule has 3 aromatic heterocycles. The highest BCUT2D eigenvalue weighted by Crippen LogP contribution is 2.47. The highest BCUT2D eigenvalue weighted by Gasteiger charge is 2.51. The summed E-state index contributed by atoms with van der Waals surface area (Å²) in [6.07, 6.45) is 5.99. The van der Waals surface area contributed by atoms with E-state index in [1.165, 1.54) is 12.3 Å². The van der Waals surface area contributed by atoms with Crippen LogP contribution in [0.15, 0.2) is 36.8 Å². The maximum absolute atomic E-state index is 11.9. The number of nitrogens with zero attached hydrogens (tertiary/aromatic N) is 3. The normalized spacial score (nSPS) is 16.1. The van der Waals surface area contributed by atoms with Gasteiger partial charge >= 0.3 is 0 Å². The van der Waals surface area contributed by atoms with E-state index in [0.717, 1.165) is 10.8 Å². The smallest absolute Gasteiger partial charge is 0.229 e. The third-order valence-electron chi connectivity index (χ3n) is 4.90. The third kappa shape index (κ3) is 2.99. The average Bonchev–Trinajstić information content (AvgIpc) is 3.54. The van der Waals surface area contributed by atoms with Crippen LogP contribution in [0.4, 0.5) is 5.82 Å². The topological polar surface area (TPSA) is 103 Å². The van der Waals surface area contributed by atoms with Gasteiger partial charge in [0, 0.05) is 30.2 Å². The van der Waals surface area contributed by atoms with Crippen molar-refractivity contribution in [3.05, 3.63) is 53.7 Å². The lowest BCUT2D eigenvalue weighted by molar-refractivity contribution is -0.120. The fourth-order valence-corrected chi connectivity index (χ4v) is 3.10. The number of ether oxygens (including phenoxy) is 1. The quantitative estimate of drug-likeness (QED) is 0.675. The van der Waals surface area contributed by atoms with Crippen molar-refractivity contribution < 1.29 is 13.6 Å². The molecule has 1 saturated carbocycles. The zero-order valence-corrected chi connectivity index (χ0v) is 15.1. The first-order valence-corrected chi connectivity index (χ1v) is 8.66. The van der Waals surface area contributed by atoms with Gasteiger partial charge in [0.1, 0.15) is 17.3 Å². The zero-order chi connectivity index (χ0) is 22.2. The van der Waals surface area contributed by atoms with E-state index in [0.29, 0.717) is 35.6 Å². The minimum absolute atomic E-state index is 0.132. The van der Waals surface area contributed by atoms with Crippen LogP contribution in [0, 0.1) is 11.8 Å². The number of aromatic nitrogens is 3. The highest BCUT2D eigenvalue weighted by molar-refractivity contribution is 5.97. The number of hydrogen-bond acceptors (Lipinski definition) is 6. The van der Waals surface area contributed by atoms with E-state index >= 15 is 0 Å². The van der Waals surface area contributed by atoms with Crippen LogP contribution >= 0.6 is 0 Å². The Balaban J connectivity index is 1.72. The molecule has 0 spiro atoms. The first-order chi connectivity index (χ1) is 14.7. The van der Waals surface area contributed by atoms with Crippen molar-refractivity contribution in [1.82, 2.24) is 15.0 Å².